The molecule has 0 spiro atoms. The van der Waals surface area contributed by atoms with E-state index in [9.17, 15) is 5.11 Å². The number of hydrogen-bond donors (Lipinski definition) is 1. The van der Waals surface area contributed by atoms with Crippen LogP contribution in [-0.4, -0.2) is 10.9 Å². The van der Waals surface area contributed by atoms with Gasteiger partial charge >= 0.3 is 0 Å². The second-order valence-electron chi connectivity index (χ2n) is 4.49. The highest BCUT2D eigenvalue weighted by molar-refractivity contribution is 7.99. The van der Waals surface area contributed by atoms with E-state index in [1.54, 1.807) is 0 Å². The van der Waals surface area contributed by atoms with Crippen molar-refractivity contribution in [1.29, 1.82) is 0 Å². The molecule has 0 saturated carbocycles. The zero-order chi connectivity index (χ0) is 12.0. The van der Waals surface area contributed by atoms with Crippen molar-refractivity contribution in [2.75, 3.05) is 5.75 Å². The van der Waals surface area contributed by atoms with Crippen LogP contribution in [0.15, 0.2) is 29.2 Å². The van der Waals surface area contributed by atoms with Crippen molar-refractivity contribution in [1.82, 2.24) is 0 Å². The molecule has 0 aliphatic rings. The fourth-order valence-corrected chi connectivity index (χ4v) is 2.87. The van der Waals surface area contributed by atoms with Crippen molar-refractivity contribution in [3.63, 3.8) is 0 Å². The van der Waals surface area contributed by atoms with E-state index in [1.165, 1.54) is 11.3 Å². The van der Waals surface area contributed by atoms with E-state index in [0.29, 0.717) is 0 Å². The Balaban J connectivity index is 2.64. The molecule has 0 heterocycles. The molecule has 90 valence electrons. The molecule has 1 aromatic carbocycles. The summed E-state index contributed by atoms with van der Waals surface area (Å²) in [6, 6.07) is 8.19. The molecule has 1 atom stereocenters. The molecule has 0 bridgehead atoms. The van der Waals surface area contributed by atoms with Crippen molar-refractivity contribution in [3.8, 4) is 0 Å². The van der Waals surface area contributed by atoms with Gasteiger partial charge < -0.3 is 5.11 Å². The third-order valence-corrected chi connectivity index (χ3v) is 3.74. The molecule has 0 fully saturated rings. The van der Waals surface area contributed by atoms with Gasteiger partial charge in [0.1, 0.15) is 0 Å². The molecule has 0 saturated heterocycles. The van der Waals surface area contributed by atoms with E-state index in [1.807, 2.05) is 36.9 Å². The predicted octanol–water partition coefficient (Wildman–Crippen LogP) is 4.27. The van der Waals surface area contributed by atoms with Gasteiger partial charge in [-0.05, 0) is 36.1 Å². The zero-order valence-corrected chi connectivity index (χ0v) is 11.3. The minimum Gasteiger partial charge on any atom is -0.388 e. The van der Waals surface area contributed by atoms with Gasteiger partial charge in [-0.3, -0.25) is 0 Å². The van der Waals surface area contributed by atoms with Crippen LogP contribution in [-0.2, 0) is 0 Å². The SMILES string of the molecule is CC[C@H](O)c1ccccc1SCCC(C)C. The Bertz CT molecular complexity index is 309. The van der Waals surface area contributed by atoms with E-state index >= 15 is 0 Å². The first-order valence-electron chi connectivity index (χ1n) is 6.05. The highest BCUT2D eigenvalue weighted by atomic mass is 32.2. The zero-order valence-electron chi connectivity index (χ0n) is 10.4. The van der Waals surface area contributed by atoms with Crippen LogP contribution in [0.5, 0.6) is 0 Å². The third kappa shape index (κ3) is 4.18. The molecule has 0 aliphatic carbocycles. The Morgan fingerprint density at radius 3 is 2.56 bits per heavy atom. The largest absolute Gasteiger partial charge is 0.388 e. The summed E-state index contributed by atoms with van der Waals surface area (Å²) >= 11 is 1.86. The van der Waals surface area contributed by atoms with E-state index in [4.69, 9.17) is 0 Å². The highest BCUT2D eigenvalue weighted by Crippen LogP contribution is 2.29. The van der Waals surface area contributed by atoms with Gasteiger partial charge in [0.25, 0.3) is 0 Å². The van der Waals surface area contributed by atoms with Gasteiger partial charge in [0.2, 0.25) is 0 Å². The van der Waals surface area contributed by atoms with Gasteiger partial charge in [-0.15, -0.1) is 11.8 Å². The lowest BCUT2D eigenvalue weighted by Crippen LogP contribution is -1.98. The van der Waals surface area contributed by atoms with Crippen LogP contribution < -0.4 is 0 Å². The van der Waals surface area contributed by atoms with Crippen molar-refractivity contribution >= 4 is 11.8 Å². The van der Waals surface area contributed by atoms with Gasteiger partial charge in [-0.1, -0.05) is 39.0 Å². The Hall–Kier alpha value is -0.470. The maximum atomic E-state index is 9.91. The first-order chi connectivity index (χ1) is 7.65. The van der Waals surface area contributed by atoms with E-state index in [-0.39, 0.29) is 6.10 Å². The highest BCUT2D eigenvalue weighted by Gasteiger charge is 2.10. The Morgan fingerprint density at radius 2 is 1.94 bits per heavy atom. The fourth-order valence-electron chi connectivity index (χ4n) is 1.51. The van der Waals surface area contributed by atoms with Gasteiger partial charge in [0, 0.05) is 4.90 Å². The lowest BCUT2D eigenvalue weighted by molar-refractivity contribution is 0.171. The summed E-state index contributed by atoms with van der Waals surface area (Å²) in [7, 11) is 0. The summed E-state index contributed by atoms with van der Waals surface area (Å²) in [6.07, 6.45) is 1.69. The molecule has 1 rings (SSSR count). The topological polar surface area (TPSA) is 20.2 Å². The number of hydrogen-bond acceptors (Lipinski definition) is 2. The van der Waals surface area contributed by atoms with Crippen LogP contribution >= 0.6 is 11.8 Å². The molecule has 0 aromatic heterocycles. The summed E-state index contributed by atoms with van der Waals surface area (Å²) < 4.78 is 0. The van der Waals surface area contributed by atoms with Crippen LogP contribution in [0.4, 0.5) is 0 Å². The minimum absolute atomic E-state index is 0.317. The number of thioether (sulfide) groups is 1. The minimum atomic E-state index is -0.317. The van der Waals surface area contributed by atoms with Crippen LogP contribution in [0.2, 0.25) is 0 Å². The van der Waals surface area contributed by atoms with Crippen molar-refractivity contribution in [2.24, 2.45) is 5.92 Å². The average Bonchev–Trinajstić information content (AvgIpc) is 2.28. The Labute approximate surface area is 103 Å². The summed E-state index contributed by atoms with van der Waals surface area (Å²) in [5.74, 6) is 1.88. The van der Waals surface area contributed by atoms with Crippen LogP contribution in [0, 0.1) is 5.92 Å². The molecule has 1 nitrogen and oxygen atoms in total. The first kappa shape index (κ1) is 13.6. The summed E-state index contributed by atoms with van der Waals surface area (Å²) in [5, 5.41) is 9.91. The third-order valence-electron chi connectivity index (χ3n) is 2.62. The monoisotopic (exact) mass is 238 g/mol. The maximum absolute atomic E-state index is 9.91. The molecule has 0 amide bonds. The molecule has 1 aromatic rings. The molecule has 0 aliphatic heterocycles. The second kappa shape index (κ2) is 6.97. The van der Waals surface area contributed by atoms with Gasteiger partial charge in [-0.2, -0.15) is 0 Å². The Kier molecular flexibility index (Phi) is 5.93. The second-order valence-corrected chi connectivity index (χ2v) is 5.63. The van der Waals surface area contributed by atoms with E-state index in [0.717, 1.165) is 23.7 Å². The Morgan fingerprint density at radius 1 is 1.25 bits per heavy atom. The first-order valence-corrected chi connectivity index (χ1v) is 7.03. The number of aliphatic hydroxyl groups excluding tert-OH is 1. The van der Waals surface area contributed by atoms with Crippen molar-refractivity contribution in [3.05, 3.63) is 29.8 Å². The van der Waals surface area contributed by atoms with Crippen LogP contribution in [0.3, 0.4) is 0 Å². The molecular weight excluding hydrogens is 216 g/mol. The van der Waals surface area contributed by atoms with Crippen LogP contribution in [0.1, 0.15) is 45.3 Å². The summed E-state index contributed by atoms with van der Waals surface area (Å²) in [6.45, 7) is 6.50. The lowest BCUT2D eigenvalue weighted by Gasteiger charge is -2.13. The van der Waals surface area contributed by atoms with E-state index in [2.05, 4.69) is 19.9 Å². The van der Waals surface area contributed by atoms with Gasteiger partial charge in [0.05, 0.1) is 6.10 Å². The van der Waals surface area contributed by atoms with E-state index < -0.39 is 0 Å². The molecule has 0 radical (unpaired) electrons. The lowest BCUT2D eigenvalue weighted by atomic mass is 10.1. The van der Waals surface area contributed by atoms with Gasteiger partial charge in [0.15, 0.2) is 0 Å². The molecule has 2 heteroatoms. The maximum Gasteiger partial charge on any atom is 0.0798 e. The standard InChI is InChI=1S/C14H22OS/c1-4-13(15)12-7-5-6-8-14(12)16-10-9-11(2)3/h5-8,11,13,15H,4,9-10H2,1-3H3/t13-/m0/s1. The smallest absolute Gasteiger partial charge is 0.0798 e. The normalized spacial score (nSPS) is 13.1. The quantitative estimate of drug-likeness (QED) is 0.747. The average molecular weight is 238 g/mol. The number of aliphatic hydroxyl groups is 1. The fraction of sp³-hybridized carbons (Fsp3) is 0.571. The summed E-state index contributed by atoms with van der Waals surface area (Å²) in [4.78, 5) is 1.23. The molecule has 16 heavy (non-hydrogen) atoms. The van der Waals surface area contributed by atoms with Gasteiger partial charge in [-0.25, -0.2) is 0 Å². The van der Waals surface area contributed by atoms with Crippen molar-refractivity contribution < 1.29 is 5.11 Å². The molecule has 0 unspecified atom stereocenters. The number of rotatable bonds is 6. The summed E-state index contributed by atoms with van der Waals surface area (Å²) in [5.41, 5.74) is 1.08. The molecular formula is C14H22OS. The van der Waals surface area contributed by atoms with Crippen molar-refractivity contribution in [2.45, 2.75) is 44.6 Å². The molecule has 1 N–H and O–H groups in total. The van der Waals surface area contributed by atoms with Crippen LogP contribution in [0.25, 0.3) is 0 Å². The number of benzene rings is 1. The predicted molar refractivity (Wildman–Crippen MR) is 71.9 cm³/mol.